The smallest absolute Gasteiger partial charge is 0.292 e. The van der Waals surface area contributed by atoms with Gasteiger partial charge < -0.3 is 5.32 Å². The highest BCUT2D eigenvalue weighted by Gasteiger charge is 2.12. The lowest BCUT2D eigenvalue weighted by molar-refractivity contribution is -0.383. The largest absolute Gasteiger partial charge is 0.350 e. The van der Waals surface area contributed by atoms with E-state index in [1.54, 1.807) is 18.2 Å². The van der Waals surface area contributed by atoms with E-state index < -0.39 is 10.7 Å². The van der Waals surface area contributed by atoms with E-state index in [9.17, 15) is 14.5 Å². The molecule has 0 aliphatic heterocycles. The first-order chi connectivity index (χ1) is 8.58. The van der Waals surface area contributed by atoms with Gasteiger partial charge in [-0.15, -0.1) is 0 Å². The van der Waals surface area contributed by atoms with Crippen LogP contribution in [-0.2, 0) is 0 Å². The monoisotopic (exact) mass is 266 g/mol. The van der Waals surface area contributed by atoms with Gasteiger partial charge in [0.1, 0.15) is 11.5 Å². The summed E-state index contributed by atoms with van der Waals surface area (Å²) in [6.45, 7) is 0. The van der Waals surface area contributed by atoms with E-state index in [4.69, 9.17) is 11.6 Å². The van der Waals surface area contributed by atoms with Gasteiger partial charge in [0, 0.05) is 11.8 Å². The van der Waals surface area contributed by atoms with Crippen molar-refractivity contribution in [3.63, 3.8) is 0 Å². The molecule has 4 nitrogen and oxygen atoms in total. The van der Waals surface area contributed by atoms with E-state index in [0.717, 1.165) is 0 Å². The summed E-state index contributed by atoms with van der Waals surface area (Å²) in [6, 6.07) is 10.2. The van der Waals surface area contributed by atoms with Crippen molar-refractivity contribution >= 4 is 28.7 Å². The first-order valence-corrected chi connectivity index (χ1v) is 5.41. The molecule has 0 radical (unpaired) electrons. The lowest BCUT2D eigenvalue weighted by Crippen LogP contribution is -1.96. The summed E-state index contributed by atoms with van der Waals surface area (Å²) in [5, 5.41) is 13.6. The molecule has 0 atom stereocenters. The number of hydrogen-bond donors (Lipinski definition) is 1. The molecule has 0 saturated carbocycles. The van der Waals surface area contributed by atoms with Crippen molar-refractivity contribution in [2.45, 2.75) is 0 Å². The number of halogens is 2. The van der Waals surface area contributed by atoms with E-state index >= 15 is 0 Å². The van der Waals surface area contributed by atoms with Gasteiger partial charge in [-0.05, 0) is 24.3 Å². The van der Waals surface area contributed by atoms with Crippen molar-refractivity contribution in [1.82, 2.24) is 0 Å². The molecule has 0 heterocycles. The standard InChI is InChI=1S/C12H8ClFN2O2/c13-9-7-8(5-6-10(9)14)15-11-3-1-2-4-12(11)16(17)18/h1-7,15H. The van der Waals surface area contributed by atoms with Crippen molar-refractivity contribution in [3.05, 3.63) is 63.4 Å². The molecule has 2 aromatic carbocycles. The molecule has 0 aromatic heterocycles. The molecule has 0 aliphatic carbocycles. The molecule has 0 amide bonds. The van der Waals surface area contributed by atoms with Crippen LogP contribution in [0.4, 0.5) is 21.5 Å². The highest BCUT2D eigenvalue weighted by Crippen LogP contribution is 2.28. The van der Waals surface area contributed by atoms with Crippen LogP contribution in [-0.4, -0.2) is 4.92 Å². The first kappa shape index (κ1) is 12.3. The van der Waals surface area contributed by atoms with Crippen LogP contribution in [0.5, 0.6) is 0 Å². The second-order valence-corrected chi connectivity index (χ2v) is 3.94. The van der Waals surface area contributed by atoms with Crippen LogP contribution in [0.2, 0.25) is 5.02 Å². The molecule has 0 fully saturated rings. The number of nitro groups is 1. The Kier molecular flexibility index (Phi) is 3.43. The van der Waals surface area contributed by atoms with E-state index in [2.05, 4.69) is 5.32 Å². The Morgan fingerprint density at radius 1 is 1.22 bits per heavy atom. The number of nitrogens with zero attached hydrogens (tertiary/aromatic N) is 1. The minimum Gasteiger partial charge on any atom is -0.350 e. The average Bonchev–Trinajstić information content (AvgIpc) is 2.34. The molecule has 0 unspecified atom stereocenters. The Hall–Kier alpha value is -2.14. The molecule has 0 spiro atoms. The van der Waals surface area contributed by atoms with Crippen molar-refractivity contribution in [2.75, 3.05) is 5.32 Å². The van der Waals surface area contributed by atoms with Gasteiger partial charge in [-0.1, -0.05) is 23.7 Å². The number of para-hydroxylation sites is 2. The summed E-state index contributed by atoms with van der Waals surface area (Å²) >= 11 is 5.63. The zero-order chi connectivity index (χ0) is 13.1. The first-order valence-electron chi connectivity index (χ1n) is 5.03. The SMILES string of the molecule is O=[N+]([O-])c1ccccc1Nc1ccc(F)c(Cl)c1. The maximum atomic E-state index is 13.0. The van der Waals surface area contributed by atoms with Crippen LogP contribution in [0.15, 0.2) is 42.5 Å². The Bertz CT molecular complexity index is 604. The second kappa shape index (κ2) is 5.01. The maximum Gasteiger partial charge on any atom is 0.292 e. The van der Waals surface area contributed by atoms with Crippen molar-refractivity contribution < 1.29 is 9.31 Å². The maximum absolute atomic E-state index is 13.0. The van der Waals surface area contributed by atoms with Crippen LogP contribution >= 0.6 is 11.6 Å². The highest BCUT2D eigenvalue weighted by atomic mass is 35.5. The van der Waals surface area contributed by atoms with E-state index in [1.807, 2.05) is 0 Å². The van der Waals surface area contributed by atoms with Crippen molar-refractivity contribution in [1.29, 1.82) is 0 Å². The quantitative estimate of drug-likeness (QED) is 0.671. The van der Waals surface area contributed by atoms with Gasteiger partial charge in [0.25, 0.3) is 5.69 Å². The number of rotatable bonds is 3. The third-order valence-corrected chi connectivity index (χ3v) is 2.59. The van der Waals surface area contributed by atoms with Crippen LogP contribution in [0.1, 0.15) is 0 Å². The Morgan fingerprint density at radius 2 is 1.94 bits per heavy atom. The predicted molar refractivity (Wildman–Crippen MR) is 67.8 cm³/mol. The molecular weight excluding hydrogens is 259 g/mol. The van der Waals surface area contributed by atoms with Gasteiger partial charge in [0.05, 0.1) is 9.95 Å². The molecule has 0 bridgehead atoms. The molecule has 1 N–H and O–H groups in total. The minimum absolute atomic E-state index is 0.0430. The second-order valence-electron chi connectivity index (χ2n) is 3.53. The van der Waals surface area contributed by atoms with Crippen molar-refractivity contribution in [2.24, 2.45) is 0 Å². The summed E-state index contributed by atoms with van der Waals surface area (Å²) in [5.41, 5.74) is 0.749. The lowest BCUT2D eigenvalue weighted by Gasteiger charge is -2.07. The molecule has 92 valence electrons. The number of nitrogens with one attached hydrogen (secondary N) is 1. The lowest BCUT2D eigenvalue weighted by atomic mass is 10.2. The summed E-state index contributed by atoms with van der Waals surface area (Å²) in [7, 11) is 0. The van der Waals surface area contributed by atoms with E-state index in [0.29, 0.717) is 11.4 Å². The van der Waals surface area contributed by atoms with Crippen LogP contribution in [0, 0.1) is 15.9 Å². The van der Waals surface area contributed by atoms with Gasteiger partial charge in [0.15, 0.2) is 0 Å². The molecule has 0 aliphatic rings. The van der Waals surface area contributed by atoms with Crippen LogP contribution in [0.25, 0.3) is 0 Å². The van der Waals surface area contributed by atoms with Crippen LogP contribution in [0.3, 0.4) is 0 Å². The molecule has 0 saturated heterocycles. The van der Waals surface area contributed by atoms with Gasteiger partial charge in [-0.2, -0.15) is 0 Å². The molecule has 2 rings (SSSR count). The molecule has 18 heavy (non-hydrogen) atoms. The fourth-order valence-corrected chi connectivity index (χ4v) is 1.65. The summed E-state index contributed by atoms with van der Waals surface area (Å²) in [4.78, 5) is 10.3. The van der Waals surface area contributed by atoms with E-state index in [-0.39, 0.29) is 10.7 Å². The zero-order valence-electron chi connectivity index (χ0n) is 9.06. The predicted octanol–water partition coefficient (Wildman–Crippen LogP) is 4.13. The molecule has 2 aromatic rings. The van der Waals surface area contributed by atoms with Gasteiger partial charge in [-0.25, -0.2) is 4.39 Å². The third-order valence-electron chi connectivity index (χ3n) is 2.30. The fraction of sp³-hybridized carbons (Fsp3) is 0. The summed E-state index contributed by atoms with van der Waals surface area (Å²) in [6.07, 6.45) is 0. The molecular formula is C12H8ClFN2O2. The van der Waals surface area contributed by atoms with Crippen LogP contribution < -0.4 is 5.32 Å². The van der Waals surface area contributed by atoms with Gasteiger partial charge >= 0.3 is 0 Å². The van der Waals surface area contributed by atoms with Gasteiger partial charge in [0.2, 0.25) is 0 Å². The Morgan fingerprint density at radius 3 is 2.61 bits per heavy atom. The van der Waals surface area contributed by atoms with Crippen molar-refractivity contribution in [3.8, 4) is 0 Å². The van der Waals surface area contributed by atoms with E-state index in [1.165, 1.54) is 24.3 Å². The Balaban J connectivity index is 2.34. The van der Waals surface area contributed by atoms with Gasteiger partial charge in [-0.3, -0.25) is 10.1 Å². The topological polar surface area (TPSA) is 55.2 Å². The summed E-state index contributed by atoms with van der Waals surface area (Å²) < 4.78 is 13.0. The third kappa shape index (κ3) is 2.57. The number of hydrogen-bond acceptors (Lipinski definition) is 3. The highest BCUT2D eigenvalue weighted by molar-refractivity contribution is 6.31. The average molecular weight is 267 g/mol. The number of nitro benzene ring substituents is 1. The number of benzene rings is 2. The normalized spacial score (nSPS) is 10.1. The fourth-order valence-electron chi connectivity index (χ4n) is 1.47. The number of anilines is 2. The minimum atomic E-state index is -0.537. The Labute approximate surface area is 107 Å². The molecule has 6 heteroatoms. The summed E-state index contributed by atoms with van der Waals surface area (Å²) in [5.74, 6) is -0.537. The zero-order valence-corrected chi connectivity index (χ0v) is 9.82.